The lowest BCUT2D eigenvalue weighted by Gasteiger charge is -2.29. The largest absolute Gasteiger partial charge is 0.352 e. The number of carbonyl (C=O) groups excluding carboxylic acids is 1. The maximum atomic E-state index is 12.3. The minimum absolute atomic E-state index is 0.0266. The van der Waals surface area contributed by atoms with E-state index in [2.05, 4.69) is 23.3 Å². The standard InChI is InChI=1S/C20H23N3OS/c1-13-7-8-15-10-16(11-21)20(23-18(15)9-13)25-12-19(24)22-17-6-4-3-5-14(17)2/h7-10,14,17H,3-6,12H2,1-2H3,(H,22,24). The Kier molecular flexibility index (Phi) is 5.60. The number of nitriles is 1. The van der Waals surface area contributed by atoms with Crippen molar-refractivity contribution in [2.24, 2.45) is 5.92 Å². The Morgan fingerprint density at radius 1 is 1.36 bits per heavy atom. The van der Waals surface area contributed by atoms with E-state index in [1.165, 1.54) is 31.0 Å². The van der Waals surface area contributed by atoms with Gasteiger partial charge in [-0.3, -0.25) is 4.79 Å². The van der Waals surface area contributed by atoms with E-state index in [9.17, 15) is 10.1 Å². The van der Waals surface area contributed by atoms with Crippen molar-refractivity contribution in [3.63, 3.8) is 0 Å². The number of aryl methyl sites for hydroxylation is 1. The van der Waals surface area contributed by atoms with Crippen LogP contribution in [0, 0.1) is 24.2 Å². The second-order valence-electron chi connectivity index (χ2n) is 6.87. The summed E-state index contributed by atoms with van der Waals surface area (Å²) in [4.78, 5) is 16.9. The van der Waals surface area contributed by atoms with Gasteiger partial charge in [0, 0.05) is 11.4 Å². The van der Waals surface area contributed by atoms with Crippen molar-refractivity contribution in [1.82, 2.24) is 10.3 Å². The third kappa shape index (κ3) is 4.32. The zero-order valence-electron chi connectivity index (χ0n) is 14.7. The van der Waals surface area contributed by atoms with Crippen LogP contribution in [-0.2, 0) is 4.79 Å². The number of benzene rings is 1. The van der Waals surface area contributed by atoms with E-state index >= 15 is 0 Å². The van der Waals surface area contributed by atoms with Crippen molar-refractivity contribution >= 4 is 28.6 Å². The van der Waals surface area contributed by atoms with E-state index in [0.29, 0.717) is 22.3 Å². The maximum Gasteiger partial charge on any atom is 0.230 e. The minimum Gasteiger partial charge on any atom is -0.352 e. The number of fused-ring (bicyclic) bond motifs is 1. The molecule has 1 amide bonds. The highest BCUT2D eigenvalue weighted by Gasteiger charge is 2.22. The molecule has 0 bridgehead atoms. The molecule has 1 aliphatic carbocycles. The number of rotatable bonds is 4. The number of nitrogens with one attached hydrogen (secondary N) is 1. The van der Waals surface area contributed by atoms with Crippen molar-refractivity contribution in [3.8, 4) is 6.07 Å². The second-order valence-corrected chi connectivity index (χ2v) is 7.84. The van der Waals surface area contributed by atoms with Crippen LogP contribution in [0.2, 0.25) is 0 Å². The summed E-state index contributed by atoms with van der Waals surface area (Å²) in [5.74, 6) is 0.861. The summed E-state index contributed by atoms with van der Waals surface area (Å²) >= 11 is 1.34. The molecule has 2 atom stereocenters. The molecule has 1 aliphatic rings. The van der Waals surface area contributed by atoms with Crippen molar-refractivity contribution in [2.75, 3.05) is 5.75 Å². The van der Waals surface area contributed by atoms with Gasteiger partial charge in [0.1, 0.15) is 11.1 Å². The molecule has 1 saturated carbocycles. The third-order valence-corrected chi connectivity index (χ3v) is 5.85. The summed E-state index contributed by atoms with van der Waals surface area (Å²) in [6.45, 7) is 4.23. The first-order valence-corrected chi connectivity index (χ1v) is 9.79. The van der Waals surface area contributed by atoms with Gasteiger partial charge in [-0.05, 0) is 43.4 Å². The molecule has 1 N–H and O–H groups in total. The average molecular weight is 353 g/mol. The van der Waals surface area contributed by atoms with Gasteiger partial charge in [-0.2, -0.15) is 5.26 Å². The molecule has 5 heteroatoms. The molecule has 1 heterocycles. The van der Waals surface area contributed by atoms with Crippen LogP contribution in [0.5, 0.6) is 0 Å². The summed E-state index contributed by atoms with van der Waals surface area (Å²) in [5.41, 5.74) is 2.52. The van der Waals surface area contributed by atoms with Gasteiger partial charge in [0.15, 0.2) is 0 Å². The van der Waals surface area contributed by atoms with Crippen molar-refractivity contribution in [1.29, 1.82) is 5.26 Å². The van der Waals surface area contributed by atoms with Gasteiger partial charge in [0.05, 0.1) is 16.8 Å². The molecule has 130 valence electrons. The molecular weight excluding hydrogens is 330 g/mol. The van der Waals surface area contributed by atoms with Crippen molar-refractivity contribution in [2.45, 2.75) is 50.6 Å². The van der Waals surface area contributed by atoms with Crippen LogP contribution in [0.4, 0.5) is 0 Å². The fourth-order valence-electron chi connectivity index (χ4n) is 3.36. The maximum absolute atomic E-state index is 12.3. The molecule has 1 aromatic heterocycles. The van der Waals surface area contributed by atoms with Crippen LogP contribution in [0.3, 0.4) is 0 Å². The predicted octanol–water partition coefficient (Wildman–Crippen LogP) is 4.20. The molecule has 1 fully saturated rings. The van der Waals surface area contributed by atoms with Crippen LogP contribution >= 0.6 is 11.8 Å². The van der Waals surface area contributed by atoms with Crippen LogP contribution in [0.15, 0.2) is 29.3 Å². The Morgan fingerprint density at radius 2 is 2.16 bits per heavy atom. The third-order valence-electron chi connectivity index (χ3n) is 4.86. The first-order valence-electron chi connectivity index (χ1n) is 8.80. The SMILES string of the molecule is Cc1ccc2cc(C#N)c(SCC(=O)NC3CCCCC3C)nc2c1. The second kappa shape index (κ2) is 7.88. The first kappa shape index (κ1) is 17.8. The molecule has 0 saturated heterocycles. The first-order chi connectivity index (χ1) is 12.1. The fraction of sp³-hybridized carbons (Fsp3) is 0.450. The summed E-state index contributed by atoms with van der Waals surface area (Å²) in [5, 5.41) is 14.1. The van der Waals surface area contributed by atoms with E-state index in [0.717, 1.165) is 22.9 Å². The molecule has 0 spiro atoms. The van der Waals surface area contributed by atoms with Crippen LogP contribution in [0.25, 0.3) is 10.9 Å². The van der Waals surface area contributed by atoms with E-state index in [1.807, 2.05) is 31.2 Å². The summed E-state index contributed by atoms with van der Waals surface area (Å²) in [6, 6.07) is 10.3. The number of hydrogen-bond donors (Lipinski definition) is 1. The Morgan fingerprint density at radius 3 is 2.92 bits per heavy atom. The Balaban J connectivity index is 1.69. The van der Waals surface area contributed by atoms with Crippen LogP contribution in [-0.4, -0.2) is 22.7 Å². The number of hydrogen-bond acceptors (Lipinski definition) is 4. The van der Waals surface area contributed by atoms with Gasteiger partial charge in [0.25, 0.3) is 0 Å². The molecule has 1 aromatic carbocycles. The highest BCUT2D eigenvalue weighted by atomic mass is 32.2. The number of amides is 1. The van der Waals surface area contributed by atoms with Crippen molar-refractivity contribution in [3.05, 3.63) is 35.4 Å². The highest BCUT2D eigenvalue weighted by molar-refractivity contribution is 8.00. The number of carbonyl (C=O) groups is 1. The number of aromatic nitrogens is 1. The molecule has 2 aromatic rings. The monoisotopic (exact) mass is 353 g/mol. The molecular formula is C20H23N3OS. The molecule has 3 rings (SSSR count). The van der Waals surface area contributed by atoms with E-state index in [1.54, 1.807) is 0 Å². The molecule has 0 aliphatic heterocycles. The topological polar surface area (TPSA) is 65.8 Å². The highest BCUT2D eigenvalue weighted by Crippen LogP contribution is 2.26. The molecule has 0 radical (unpaired) electrons. The normalized spacial score (nSPS) is 20.2. The van der Waals surface area contributed by atoms with Gasteiger partial charge in [-0.15, -0.1) is 0 Å². The Labute approximate surface area is 153 Å². The van der Waals surface area contributed by atoms with Gasteiger partial charge in [0.2, 0.25) is 5.91 Å². The fourth-order valence-corrected chi connectivity index (χ4v) is 4.14. The number of nitrogens with zero attached hydrogens (tertiary/aromatic N) is 2. The summed E-state index contributed by atoms with van der Waals surface area (Å²) in [7, 11) is 0. The zero-order chi connectivity index (χ0) is 17.8. The predicted molar refractivity (Wildman–Crippen MR) is 101 cm³/mol. The quantitative estimate of drug-likeness (QED) is 0.837. The molecule has 4 nitrogen and oxygen atoms in total. The Hall–Kier alpha value is -2.06. The molecule has 25 heavy (non-hydrogen) atoms. The van der Waals surface area contributed by atoms with Gasteiger partial charge in [-0.25, -0.2) is 4.98 Å². The minimum atomic E-state index is 0.0266. The van der Waals surface area contributed by atoms with Gasteiger partial charge >= 0.3 is 0 Å². The average Bonchev–Trinajstić information content (AvgIpc) is 2.61. The lowest BCUT2D eigenvalue weighted by molar-refractivity contribution is -0.119. The zero-order valence-corrected chi connectivity index (χ0v) is 15.5. The van der Waals surface area contributed by atoms with E-state index in [4.69, 9.17) is 0 Å². The summed E-state index contributed by atoms with van der Waals surface area (Å²) in [6.07, 6.45) is 4.69. The summed E-state index contributed by atoms with van der Waals surface area (Å²) < 4.78 is 0. The smallest absolute Gasteiger partial charge is 0.230 e. The lowest BCUT2D eigenvalue weighted by atomic mass is 9.86. The van der Waals surface area contributed by atoms with E-state index < -0.39 is 0 Å². The van der Waals surface area contributed by atoms with Gasteiger partial charge < -0.3 is 5.32 Å². The lowest BCUT2D eigenvalue weighted by Crippen LogP contribution is -2.41. The van der Waals surface area contributed by atoms with E-state index in [-0.39, 0.29) is 11.9 Å². The van der Waals surface area contributed by atoms with Crippen LogP contribution < -0.4 is 5.32 Å². The van der Waals surface area contributed by atoms with Crippen LogP contribution in [0.1, 0.15) is 43.7 Å². The van der Waals surface area contributed by atoms with Crippen molar-refractivity contribution < 1.29 is 4.79 Å². The number of pyridine rings is 1. The molecule has 2 unspecified atom stereocenters. The van der Waals surface area contributed by atoms with Gasteiger partial charge in [-0.1, -0.05) is 43.7 Å². The number of thioether (sulfide) groups is 1. The Bertz CT molecular complexity index is 828.